The van der Waals surface area contributed by atoms with E-state index < -0.39 is 6.09 Å². The highest BCUT2D eigenvalue weighted by molar-refractivity contribution is 6.08. The third-order valence-corrected chi connectivity index (χ3v) is 4.86. The van der Waals surface area contributed by atoms with Crippen LogP contribution in [0.15, 0.2) is 42.6 Å². The third kappa shape index (κ3) is 6.02. The number of amides is 1. The van der Waals surface area contributed by atoms with Crippen LogP contribution < -0.4 is 4.74 Å². The molecule has 1 aromatic heterocycles. The Labute approximate surface area is 170 Å². The third-order valence-electron chi connectivity index (χ3n) is 4.86. The highest BCUT2D eigenvalue weighted by atomic mass is 16.7. The first-order valence-corrected chi connectivity index (χ1v) is 9.85. The summed E-state index contributed by atoms with van der Waals surface area (Å²) in [7, 11) is 1.54. The molecule has 7 heteroatoms. The highest BCUT2D eigenvalue weighted by Crippen LogP contribution is 2.20. The average molecular weight is 398 g/mol. The van der Waals surface area contributed by atoms with Crippen molar-refractivity contribution in [2.45, 2.75) is 38.4 Å². The Bertz CT molecular complexity index is 814. The van der Waals surface area contributed by atoms with Gasteiger partial charge in [0.25, 0.3) is 0 Å². The second-order valence-electron chi connectivity index (χ2n) is 7.11. The molecule has 0 aliphatic carbocycles. The normalized spacial score (nSPS) is 16.2. The summed E-state index contributed by atoms with van der Waals surface area (Å²) in [6.07, 6.45) is 4.79. The molecule has 0 spiro atoms. The summed E-state index contributed by atoms with van der Waals surface area (Å²) in [5, 5.41) is 8.84. The molecular weight excluding hydrogens is 372 g/mol. The van der Waals surface area contributed by atoms with Gasteiger partial charge in [0.15, 0.2) is 12.1 Å². The first kappa shape index (κ1) is 20.8. The molecule has 2 heterocycles. The van der Waals surface area contributed by atoms with Crippen molar-refractivity contribution in [3.63, 3.8) is 0 Å². The summed E-state index contributed by atoms with van der Waals surface area (Å²) in [5.74, 6) is 0.586. The lowest BCUT2D eigenvalue weighted by atomic mass is 10.0. The Hall–Kier alpha value is -2.93. The van der Waals surface area contributed by atoms with E-state index in [0.717, 1.165) is 31.6 Å². The van der Waals surface area contributed by atoms with Gasteiger partial charge in [-0.25, -0.2) is 4.79 Å². The first-order valence-electron chi connectivity index (χ1n) is 9.85. The van der Waals surface area contributed by atoms with Crippen LogP contribution in [0.4, 0.5) is 4.79 Å². The molecule has 29 heavy (non-hydrogen) atoms. The molecule has 1 saturated heterocycles. The zero-order valence-corrected chi connectivity index (χ0v) is 16.5. The topological polar surface area (TPSA) is 89.0 Å². The van der Waals surface area contributed by atoms with Crippen molar-refractivity contribution in [2.24, 2.45) is 0 Å². The number of ketones is 1. The molecule has 0 saturated carbocycles. The van der Waals surface area contributed by atoms with Crippen LogP contribution in [0.25, 0.3) is 0 Å². The number of benzene rings is 1. The Morgan fingerprint density at radius 1 is 1.17 bits per heavy atom. The van der Waals surface area contributed by atoms with Crippen LogP contribution in [0, 0.1) is 0 Å². The fourth-order valence-corrected chi connectivity index (χ4v) is 3.11. The molecule has 1 aliphatic heterocycles. The number of hydrogen-bond acceptors (Lipinski definition) is 5. The summed E-state index contributed by atoms with van der Waals surface area (Å²) < 4.78 is 11.4. The molecule has 1 N–H and O–H groups in total. The monoisotopic (exact) mass is 398 g/mol. The molecule has 0 radical (unpaired) electrons. The number of aryl methyl sites for hydroxylation is 1. The van der Waals surface area contributed by atoms with Gasteiger partial charge in [0.2, 0.25) is 0 Å². The number of aromatic nitrogens is 1. The predicted molar refractivity (Wildman–Crippen MR) is 107 cm³/mol. The van der Waals surface area contributed by atoms with Gasteiger partial charge in [-0.1, -0.05) is 0 Å². The lowest BCUT2D eigenvalue weighted by Gasteiger charge is -2.23. The second-order valence-corrected chi connectivity index (χ2v) is 7.11. The van der Waals surface area contributed by atoms with Crippen LogP contribution in [0.5, 0.6) is 5.75 Å². The number of carboxylic acid groups (broad SMARTS) is 1. The van der Waals surface area contributed by atoms with E-state index in [0.29, 0.717) is 36.3 Å². The van der Waals surface area contributed by atoms with Crippen LogP contribution in [0.1, 0.15) is 47.3 Å². The molecule has 2 aromatic rings. The molecule has 1 aliphatic rings. The molecule has 1 fully saturated rings. The average Bonchev–Trinajstić information content (AvgIpc) is 2.75. The minimum absolute atomic E-state index is 0.102. The minimum atomic E-state index is -0.943. The quantitative estimate of drug-likeness (QED) is 0.681. The molecular formula is C22H26N2O5. The van der Waals surface area contributed by atoms with Gasteiger partial charge in [0.05, 0.1) is 6.61 Å². The maximum Gasteiger partial charge on any atom is 0.407 e. The van der Waals surface area contributed by atoms with Gasteiger partial charge in [-0.15, -0.1) is 0 Å². The Kier molecular flexibility index (Phi) is 7.19. The molecule has 7 nitrogen and oxygen atoms in total. The summed E-state index contributed by atoms with van der Waals surface area (Å²) in [6.45, 7) is 1.17. The van der Waals surface area contributed by atoms with Gasteiger partial charge >= 0.3 is 6.09 Å². The number of rotatable bonds is 8. The smallest absolute Gasteiger partial charge is 0.407 e. The fourth-order valence-electron chi connectivity index (χ4n) is 3.11. The van der Waals surface area contributed by atoms with Crippen LogP contribution >= 0.6 is 0 Å². The molecule has 154 valence electrons. The van der Waals surface area contributed by atoms with Gasteiger partial charge in [-0.3, -0.25) is 9.78 Å². The number of nitrogens with zero attached hydrogens (tertiary/aromatic N) is 2. The standard InChI is InChI=1S/C22H26N2O5/c1-24(22(26)27)13-4-5-18-10-7-17(15-23-18)21(25)16-8-11-19(12-9-16)29-20-6-2-3-14-28-20/h7-12,15,20H,2-6,13-14H2,1H3,(H,26,27). The van der Waals surface area contributed by atoms with Gasteiger partial charge in [0, 0.05) is 43.0 Å². The fraction of sp³-hybridized carbons (Fsp3) is 0.409. The van der Waals surface area contributed by atoms with E-state index in [9.17, 15) is 9.59 Å². The zero-order chi connectivity index (χ0) is 20.6. The van der Waals surface area contributed by atoms with Crippen LogP contribution in [-0.2, 0) is 11.2 Å². The van der Waals surface area contributed by atoms with Gasteiger partial charge in [0.1, 0.15) is 5.75 Å². The lowest BCUT2D eigenvalue weighted by Crippen LogP contribution is -2.25. The summed E-state index contributed by atoms with van der Waals surface area (Å²) in [4.78, 5) is 29.0. The Morgan fingerprint density at radius 2 is 1.93 bits per heavy atom. The number of hydrogen-bond donors (Lipinski definition) is 1. The van der Waals surface area contributed by atoms with Crippen molar-refractivity contribution in [2.75, 3.05) is 20.2 Å². The van der Waals surface area contributed by atoms with E-state index in [4.69, 9.17) is 14.6 Å². The predicted octanol–water partition coefficient (Wildman–Crippen LogP) is 3.76. The summed E-state index contributed by atoms with van der Waals surface area (Å²) >= 11 is 0. The summed E-state index contributed by atoms with van der Waals surface area (Å²) in [5.41, 5.74) is 1.91. The van der Waals surface area contributed by atoms with Gasteiger partial charge in [-0.05, 0) is 62.1 Å². The summed E-state index contributed by atoms with van der Waals surface area (Å²) in [6, 6.07) is 10.6. The number of carbonyl (C=O) groups excluding carboxylic acids is 1. The van der Waals surface area contributed by atoms with E-state index >= 15 is 0 Å². The van der Waals surface area contributed by atoms with Gasteiger partial charge < -0.3 is 19.5 Å². The Morgan fingerprint density at radius 3 is 2.55 bits per heavy atom. The maximum absolute atomic E-state index is 12.7. The van der Waals surface area contributed by atoms with E-state index in [1.807, 2.05) is 6.07 Å². The zero-order valence-electron chi connectivity index (χ0n) is 16.5. The lowest BCUT2D eigenvalue weighted by molar-refractivity contribution is -0.105. The van der Waals surface area contributed by atoms with Crippen molar-refractivity contribution in [1.29, 1.82) is 0 Å². The second kappa shape index (κ2) is 10.0. The minimum Gasteiger partial charge on any atom is -0.465 e. The van der Waals surface area contributed by atoms with Crippen LogP contribution in [-0.4, -0.2) is 53.4 Å². The molecule has 1 atom stereocenters. The highest BCUT2D eigenvalue weighted by Gasteiger charge is 2.16. The largest absolute Gasteiger partial charge is 0.465 e. The van der Waals surface area contributed by atoms with E-state index in [-0.39, 0.29) is 12.1 Å². The number of pyridine rings is 1. The molecule has 0 bridgehead atoms. The number of carbonyl (C=O) groups is 2. The van der Waals surface area contributed by atoms with Crippen molar-refractivity contribution in [3.05, 3.63) is 59.4 Å². The van der Waals surface area contributed by atoms with Gasteiger partial charge in [-0.2, -0.15) is 0 Å². The molecule has 3 rings (SSSR count). The molecule has 1 unspecified atom stereocenters. The number of ether oxygens (including phenoxy) is 2. The maximum atomic E-state index is 12.7. The van der Waals surface area contributed by atoms with Crippen LogP contribution in [0.2, 0.25) is 0 Å². The van der Waals surface area contributed by atoms with Crippen molar-refractivity contribution < 1.29 is 24.2 Å². The Balaban J connectivity index is 1.53. The first-order chi connectivity index (χ1) is 14.0. The molecule has 1 amide bonds. The SMILES string of the molecule is CN(CCCc1ccc(C(=O)c2ccc(OC3CCCCO3)cc2)cn1)C(=O)O. The van der Waals surface area contributed by atoms with E-state index in [1.54, 1.807) is 36.5 Å². The van der Waals surface area contributed by atoms with Crippen molar-refractivity contribution in [3.8, 4) is 5.75 Å². The van der Waals surface area contributed by atoms with Crippen LogP contribution in [0.3, 0.4) is 0 Å². The van der Waals surface area contributed by atoms with Crippen molar-refractivity contribution in [1.82, 2.24) is 9.88 Å². The van der Waals surface area contributed by atoms with E-state index in [1.165, 1.54) is 11.9 Å². The van der Waals surface area contributed by atoms with E-state index in [2.05, 4.69) is 4.98 Å². The van der Waals surface area contributed by atoms with Crippen molar-refractivity contribution >= 4 is 11.9 Å². The molecule has 1 aromatic carbocycles.